The van der Waals surface area contributed by atoms with Gasteiger partial charge in [-0.05, 0) is 57.9 Å². The maximum Gasteiger partial charge on any atom is 0.341 e. The number of halogens is 2. The molecule has 2 N–H and O–H groups in total. The van der Waals surface area contributed by atoms with Gasteiger partial charge in [-0.25, -0.2) is 14.5 Å². The number of nitrogens with one attached hydrogen (secondary N) is 1. The van der Waals surface area contributed by atoms with Crippen molar-refractivity contribution in [1.82, 2.24) is 5.32 Å². The van der Waals surface area contributed by atoms with E-state index in [2.05, 4.69) is 21.2 Å². The minimum Gasteiger partial charge on any atom is -0.481 e. The first-order chi connectivity index (χ1) is 13.8. The zero-order valence-corrected chi connectivity index (χ0v) is 16.9. The molecule has 1 aliphatic rings. The Morgan fingerprint density at radius 1 is 1.21 bits per heavy atom. The third kappa shape index (κ3) is 4.64. The molecule has 4 amide bonds. The second kappa shape index (κ2) is 8.46. The lowest BCUT2D eigenvalue weighted by Crippen LogP contribution is -2.54. The highest BCUT2D eigenvalue weighted by atomic mass is 79.9. The number of nitrogens with zero attached hydrogens (tertiary/aromatic N) is 1. The Labute approximate surface area is 177 Å². The second-order valence-corrected chi connectivity index (χ2v) is 7.10. The molecule has 0 atom stereocenters. The standard InChI is InChI=1S/C19H12BrClN2O6/c20-14-7-10(4-5-15(14)29-9-16(24)25)6-13-17(26)22-19(28)23(18(13)27)12-3-1-2-11(21)8-12/h1-8H,9H2,(H,24,25)(H,22,26,28)/b13-6+. The van der Waals surface area contributed by atoms with Crippen LogP contribution in [-0.2, 0) is 14.4 Å². The summed E-state index contributed by atoms with van der Waals surface area (Å²) in [4.78, 5) is 48.6. The van der Waals surface area contributed by atoms with E-state index in [0.29, 0.717) is 15.1 Å². The third-order valence-electron chi connectivity index (χ3n) is 3.79. The van der Waals surface area contributed by atoms with E-state index >= 15 is 0 Å². The van der Waals surface area contributed by atoms with Crippen molar-refractivity contribution in [2.45, 2.75) is 0 Å². The molecule has 0 aliphatic carbocycles. The van der Waals surface area contributed by atoms with Gasteiger partial charge in [0, 0.05) is 5.02 Å². The van der Waals surface area contributed by atoms with Crippen LogP contribution in [0.1, 0.15) is 5.56 Å². The number of carbonyl (C=O) groups is 4. The highest BCUT2D eigenvalue weighted by molar-refractivity contribution is 9.10. The van der Waals surface area contributed by atoms with E-state index in [1.54, 1.807) is 18.2 Å². The minimum atomic E-state index is -1.13. The van der Waals surface area contributed by atoms with Gasteiger partial charge in [-0.3, -0.25) is 14.9 Å². The van der Waals surface area contributed by atoms with Crippen LogP contribution in [0.4, 0.5) is 10.5 Å². The molecule has 29 heavy (non-hydrogen) atoms. The number of carboxylic acids is 1. The van der Waals surface area contributed by atoms with E-state index in [4.69, 9.17) is 21.4 Å². The van der Waals surface area contributed by atoms with Gasteiger partial charge in [0.1, 0.15) is 11.3 Å². The molecule has 0 spiro atoms. The van der Waals surface area contributed by atoms with Gasteiger partial charge in [-0.1, -0.05) is 23.7 Å². The highest BCUT2D eigenvalue weighted by Crippen LogP contribution is 2.28. The van der Waals surface area contributed by atoms with Crippen LogP contribution < -0.4 is 15.0 Å². The first-order valence-electron chi connectivity index (χ1n) is 8.07. The van der Waals surface area contributed by atoms with Crippen molar-refractivity contribution >= 4 is 63.1 Å². The maximum absolute atomic E-state index is 12.8. The van der Waals surface area contributed by atoms with Crippen molar-refractivity contribution < 1.29 is 29.0 Å². The van der Waals surface area contributed by atoms with Crippen LogP contribution >= 0.6 is 27.5 Å². The number of hydrogen-bond donors (Lipinski definition) is 2. The van der Waals surface area contributed by atoms with Crippen LogP contribution in [-0.4, -0.2) is 35.5 Å². The number of benzene rings is 2. The molecule has 1 aliphatic heterocycles. The van der Waals surface area contributed by atoms with Crippen molar-refractivity contribution in [3.8, 4) is 5.75 Å². The molecule has 0 saturated carbocycles. The number of carbonyl (C=O) groups excluding carboxylic acids is 3. The lowest BCUT2D eigenvalue weighted by molar-refractivity contribution is -0.139. The van der Waals surface area contributed by atoms with Crippen molar-refractivity contribution in [1.29, 1.82) is 0 Å². The van der Waals surface area contributed by atoms with Crippen molar-refractivity contribution in [3.05, 3.63) is 63.1 Å². The summed E-state index contributed by atoms with van der Waals surface area (Å²) in [6.45, 7) is -0.517. The maximum atomic E-state index is 12.8. The third-order valence-corrected chi connectivity index (χ3v) is 4.64. The number of ether oxygens (including phenoxy) is 1. The van der Waals surface area contributed by atoms with E-state index in [1.807, 2.05) is 0 Å². The first-order valence-corrected chi connectivity index (χ1v) is 9.24. The summed E-state index contributed by atoms with van der Waals surface area (Å²) in [6.07, 6.45) is 1.31. The van der Waals surface area contributed by atoms with Gasteiger partial charge in [0.05, 0.1) is 10.2 Å². The number of urea groups is 1. The molecule has 0 unspecified atom stereocenters. The van der Waals surface area contributed by atoms with Gasteiger partial charge in [-0.15, -0.1) is 0 Å². The number of anilines is 1. The van der Waals surface area contributed by atoms with E-state index < -0.39 is 30.4 Å². The Morgan fingerprint density at radius 3 is 2.62 bits per heavy atom. The summed E-state index contributed by atoms with van der Waals surface area (Å²) in [5, 5.41) is 11.1. The monoisotopic (exact) mass is 478 g/mol. The molecule has 0 bridgehead atoms. The minimum absolute atomic E-state index is 0.219. The van der Waals surface area contributed by atoms with Crippen LogP contribution in [0.5, 0.6) is 5.75 Å². The van der Waals surface area contributed by atoms with Gasteiger partial charge < -0.3 is 9.84 Å². The molecule has 1 fully saturated rings. The quantitative estimate of drug-likeness (QED) is 0.503. The Bertz CT molecular complexity index is 1070. The number of barbiturate groups is 1. The molecule has 3 rings (SSSR count). The van der Waals surface area contributed by atoms with E-state index in [9.17, 15) is 19.2 Å². The summed E-state index contributed by atoms with van der Waals surface area (Å²) in [6, 6.07) is 9.80. The van der Waals surface area contributed by atoms with Crippen LogP contribution in [0.3, 0.4) is 0 Å². The Hall–Kier alpha value is -3.17. The topological polar surface area (TPSA) is 113 Å². The summed E-state index contributed by atoms with van der Waals surface area (Å²) in [7, 11) is 0. The number of rotatable bonds is 5. The number of hydrogen-bond acceptors (Lipinski definition) is 5. The fraction of sp³-hybridized carbons (Fsp3) is 0.0526. The zero-order valence-electron chi connectivity index (χ0n) is 14.5. The Kier molecular flexibility index (Phi) is 6.00. The lowest BCUT2D eigenvalue weighted by Gasteiger charge is -2.26. The molecular weight excluding hydrogens is 468 g/mol. The summed E-state index contributed by atoms with van der Waals surface area (Å²) < 4.78 is 5.54. The fourth-order valence-corrected chi connectivity index (χ4v) is 3.23. The normalized spacial score (nSPS) is 15.4. The number of carboxylic acid groups (broad SMARTS) is 1. The molecule has 0 aromatic heterocycles. The van der Waals surface area contributed by atoms with Gasteiger partial charge in [0.2, 0.25) is 0 Å². The molecule has 10 heteroatoms. The summed E-state index contributed by atoms with van der Waals surface area (Å²) >= 11 is 9.17. The SMILES string of the molecule is O=C(O)COc1ccc(/C=C2\C(=O)NC(=O)N(c3cccc(Cl)c3)C2=O)cc1Br. The smallest absolute Gasteiger partial charge is 0.341 e. The van der Waals surface area contributed by atoms with Crippen LogP contribution in [0.25, 0.3) is 6.08 Å². The molecule has 1 heterocycles. The fourth-order valence-electron chi connectivity index (χ4n) is 2.54. The molecule has 1 saturated heterocycles. The van der Waals surface area contributed by atoms with Crippen molar-refractivity contribution in [2.75, 3.05) is 11.5 Å². The van der Waals surface area contributed by atoms with Crippen LogP contribution in [0.15, 0.2) is 52.5 Å². The largest absolute Gasteiger partial charge is 0.481 e. The van der Waals surface area contributed by atoms with E-state index in [0.717, 1.165) is 4.90 Å². The number of aliphatic carboxylic acids is 1. The average molecular weight is 480 g/mol. The Balaban J connectivity index is 1.92. The van der Waals surface area contributed by atoms with E-state index in [-0.39, 0.29) is 17.0 Å². The molecule has 0 radical (unpaired) electrons. The highest BCUT2D eigenvalue weighted by Gasteiger charge is 2.36. The average Bonchev–Trinajstić information content (AvgIpc) is 2.64. The Morgan fingerprint density at radius 2 is 1.97 bits per heavy atom. The number of imide groups is 2. The van der Waals surface area contributed by atoms with Gasteiger partial charge in [0.15, 0.2) is 6.61 Å². The van der Waals surface area contributed by atoms with Gasteiger partial charge >= 0.3 is 12.0 Å². The molecule has 2 aromatic rings. The lowest BCUT2D eigenvalue weighted by atomic mass is 10.1. The van der Waals surface area contributed by atoms with Crippen LogP contribution in [0.2, 0.25) is 5.02 Å². The van der Waals surface area contributed by atoms with Gasteiger partial charge in [0.25, 0.3) is 11.8 Å². The predicted octanol–water partition coefficient (Wildman–Crippen LogP) is 3.23. The van der Waals surface area contributed by atoms with Crippen molar-refractivity contribution in [2.24, 2.45) is 0 Å². The number of amides is 4. The van der Waals surface area contributed by atoms with Crippen LogP contribution in [0, 0.1) is 0 Å². The van der Waals surface area contributed by atoms with E-state index in [1.165, 1.54) is 30.3 Å². The molecule has 8 nitrogen and oxygen atoms in total. The zero-order chi connectivity index (χ0) is 21.1. The molecule has 148 valence electrons. The van der Waals surface area contributed by atoms with Crippen molar-refractivity contribution in [3.63, 3.8) is 0 Å². The summed E-state index contributed by atoms with van der Waals surface area (Å²) in [5.41, 5.74) is 0.422. The molecular formula is C19H12BrClN2O6. The summed E-state index contributed by atoms with van der Waals surface area (Å²) in [5.74, 6) is -2.48. The second-order valence-electron chi connectivity index (χ2n) is 5.81. The molecule has 2 aromatic carbocycles. The first kappa shape index (κ1) is 20.6. The predicted molar refractivity (Wildman–Crippen MR) is 108 cm³/mol. The van der Waals surface area contributed by atoms with Gasteiger partial charge in [-0.2, -0.15) is 0 Å².